The lowest BCUT2D eigenvalue weighted by Crippen LogP contribution is -2.23. The number of rotatable bonds is 3. The number of benzene rings is 1. The predicted molar refractivity (Wildman–Crippen MR) is 77.8 cm³/mol. The Kier molecular flexibility index (Phi) is 3.90. The molecule has 0 amide bonds. The number of hydrogen-bond donors (Lipinski definition) is 2. The second-order valence-electron chi connectivity index (χ2n) is 4.53. The van der Waals surface area contributed by atoms with Gasteiger partial charge in [0.15, 0.2) is 0 Å². The summed E-state index contributed by atoms with van der Waals surface area (Å²) in [6.07, 6.45) is 0. The fourth-order valence-corrected chi connectivity index (χ4v) is 2.34. The lowest BCUT2D eigenvalue weighted by molar-refractivity contribution is 0.814. The molecule has 0 saturated heterocycles. The van der Waals surface area contributed by atoms with Crippen LogP contribution in [0.1, 0.15) is 30.0 Å². The molecule has 1 atom stereocenters. The molecular formula is C14H16ClN3O. The largest absolute Gasteiger partial charge is 0.378 e. The quantitative estimate of drug-likeness (QED) is 0.906. The zero-order chi connectivity index (χ0) is 14.0. The van der Waals surface area contributed by atoms with E-state index in [1.54, 1.807) is 6.92 Å². The van der Waals surface area contributed by atoms with Gasteiger partial charge in [0, 0.05) is 10.7 Å². The molecule has 1 unspecified atom stereocenters. The van der Waals surface area contributed by atoms with Gasteiger partial charge in [0.2, 0.25) is 0 Å². The summed E-state index contributed by atoms with van der Waals surface area (Å²) < 4.78 is 0. The molecular weight excluding hydrogens is 262 g/mol. The molecule has 19 heavy (non-hydrogen) atoms. The Morgan fingerprint density at radius 2 is 2.11 bits per heavy atom. The standard InChI is InChI=1S/C14H16ClN3O/c1-8-13(14(19)18-10(3)16-8)9(2)17-12-6-4-5-11(15)7-12/h4-7,9,17H,1-3H3,(H,16,18,19). The van der Waals surface area contributed by atoms with Crippen molar-refractivity contribution in [1.82, 2.24) is 9.97 Å². The van der Waals surface area contributed by atoms with Crippen LogP contribution in [-0.2, 0) is 0 Å². The molecule has 1 aromatic carbocycles. The second-order valence-corrected chi connectivity index (χ2v) is 4.96. The van der Waals surface area contributed by atoms with Crippen LogP contribution < -0.4 is 10.9 Å². The minimum absolute atomic E-state index is 0.105. The number of nitrogens with zero attached hydrogens (tertiary/aromatic N) is 1. The van der Waals surface area contributed by atoms with E-state index in [1.807, 2.05) is 38.1 Å². The average Bonchev–Trinajstić information content (AvgIpc) is 2.27. The van der Waals surface area contributed by atoms with Gasteiger partial charge in [0.1, 0.15) is 5.82 Å². The van der Waals surface area contributed by atoms with E-state index in [0.717, 1.165) is 11.4 Å². The maximum absolute atomic E-state index is 12.0. The van der Waals surface area contributed by atoms with Crippen molar-refractivity contribution in [3.05, 3.63) is 56.7 Å². The third kappa shape index (κ3) is 3.15. The number of H-pyrrole nitrogens is 1. The fraction of sp³-hybridized carbons (Fsp3) is 0.286. The van der Waals surface area contributed by atoms with Gasteiger partial charge in [-0.05, 0) is 39.0 Å². The van der Waals surface area contributed by atoms with E-state index in [4.69, 9.17) is 11.6 Å². The molecule has 1 aromatic heterocycles. The minimum atomic E-state index is -0.143. The van der Waals surface area contributed by atoms with Crippen molar-refractivity contribution in [3.8, 4) is 0 Å². The number of anilines is 1. The van der Waals surface area contributed by atoms with Crippen LogP contribution in [0.4, 0.5) is 5.69 Å². The molecule has 0 fully saturated rings. The monoisotopic (exact) mass is 277 g/mol. The van der Waals surface area contributed by atoms with Gasteiger partial charge in [-0.25, -0.2) is 4.98 Å². The summed E-state index contributed by atoms with van der Waals surface area (Å²) in [7, 11) is 0. The van der Waals surface area contributed by atoms with Gasteiger partial charge >= 0.3 is 0 Å². The molecule has 0 radical (unpaired) electrons. The summed E-state index contributed by atoms with van der Waals surface area (Å²) in [5.41, 5.74) is 2.15. The highest BCUT2D eigenvalue weighted by atomic mass is 35.5. The molecule has 1 heterocycles. The number of hydrogen-bond acceptors (Lipinski definition) is 3. The fourth-order valence-electron chi connectivity index (χ4n) is 2.15. The third-order valence-corrected chi connectivity index (χ3v) is 3.14. The molecule has 0 aliphatic rings. The summed E-state index contributed by atoms with van der Waals surface area (Å²) in [6, 6.07) is 7.26. The van der Waals surface area contributed by atoms with E-state index in [-0.39, 0.29) is 11.6 Å². The number of aromatic amines is 1. The molecule has 0 aliphatic carbocycles. The van der Waals surface area contributed by atoms with Crippen LogP contribution in [0.2, 0.25) is 5.02 Å². The lowest BCUT2D eigenvalue weighted by Gasteiger charge is -2.16. The number of aryl methyl sites for hydroxylation is 2. The molecule has 0 saturated carbocycles. The van der Waals surface area contributed by atoms with Gasteiger partial charge in [-0.3, -0.25) is 4.79 Å². The first-order valence-corrected chi connectivity index (χ1v) is 6.44. The van der Waals surface area contributed by atoms with Gasteiger partial charge in [0.05, 0.1) is 17.3 Å². The predicted octanol–water partition coefficient (Wildman–Crippen LogP) is 3.21. The van der Waals surface area contributed by atoms with Crippen LogP contribution in [-0.4, -0.2) is 9.97 Å². The highest BCUT2D eigenvalue weighted by Gasteiger charge is 2.14. The molecule has 0 spiro atoms. The summed E-state index contributed by atoms with van der Waals surface area (Å²) in [4.78, 5) is 19.0. The lowest BCUT2D eigenvalue weighted by atomic mass is 10.1. The summed E-state index contributed by atoms with van der Waals surface area (Å²) in [5, 5.41) is 3.91. The molecule has 5 heteroatoms. The molecule has 0 aliphatic heterocycles. The number of nitrogens with one attached hydrogen (secondary N) is 2. The first-order chi connectivity index (χ1) is 8.97. The van der Waals surface area contributed by atoms with Crippen LogP contribution in [0, 0.1) is 13.8 Å². The van der Waals surface area contributed by atoms with Crippen molar-refractivity contribution in [2.75, 3.05) is 5.32 Å². The van der Waals surface area contributed by atoms with Crippen molar-refractivity contribution in [2.45, 2.75) is 26.8 Å². The van der Waals surface area contributed by atoms with Crippen molar-refractivity contribution >= 4 is 17.3 Å². The van der Waals surface area contributed by atoms with Gasteiger partial charge in [-0.15, -0.1) is 0 Å². The number of aromatic nitrogens is 2. The Morgan fingerprint density at radius 3 is 2.74 bits per heavy atom. The molecule has 0 bridgehead atoms. The summed E-state index contributed by atoms with van der Waals surface area (Å²) >= 11 is 5.94. The topological polar surface area (TPSA) is 57.8 Å². The minimum Gasteiger partial charge on any atom is -0.378 e. The highest BCUT2D eigenvalue weighted by Crippen LogP contribution is 2.21. The Hall–Kier alpha value is -1.81. The SMILES string of the molecule is Cc1nc(C)c(C(C)Nc2cccc(Cl)c2)c(=O)[nH]1. The zero-order valence-corrected chi connectivity index (χ0v) is 11.9. The van der Waals surface area contributed by atoms with Crippen molar-refractivity contribution in [3.63, 3.8) is 0 Å². The molecule has 2 rings (SSSR count). The Bertz CT molecular complexity index is 651. The van der Waals surface area contributed by atoms with Crippen molar-refractivity contribution < 1.29 is 0 Å². The van der Waals surface area contributed by atoms with E-state index in [2.05, 4.69) is 15.3 Å². The molecule has 2 aromatic rings. The maximum Gasteiger partial charge on any atom is 0.256 e. The van der Waals surface area contributed by atoms with Gasteiger partial charge < -0.3 is 10.3 Å². The van der Waals surface area contributed by atoms with Crippen molar-refractivity contribution in [2.24, 2.45) is 0 Å². The van der Waals surface area contributed by atoms with E-state index < -0.39 is 0 Å². The first-order valence-electron chi connectivity index (χ1n) is 6.07. The van der Waals surface area contributed by atoms with Gasteiger partial charge in [-0.2, -0.15) is 0 Å². The zero-order valence-electron chi connectivity index (χ0n) is 11.1. The Balaban J connectivity index is 2.30. The summed E-state index contributed by atoms with van der Waals surface area (Å²) in [5.74, 6) is 0.626. The Labute approximate surface area is 116 Å². The first kappa shape index (κ1) is 13.6. The normalized spacial score (nSPS) is 12.2. The maximum atomic E-state index is 12.0. The summed E-state index contributed by atoms with van der Waals surface area (Å²) in [6.45, 7) is 5.54. The molecule has 4 nitrogen and oxygen atoms in total. The van der Waals surface area contributed by atoms with E-state index in [0.29, 0.717) is 16.4 Å². The second kappa shape index (κ2) is 5.45. The van der Waals surface area contributed by atoms with Crippen LogP contribution in [0.3, 0.4) is 0 Å². The highest BCUT2D eigenvalue weighted by molar-refractivity contribution is 6.30. The van der Waals surface area contributed by atoms with E-state index in [1.165, 1.54) is 0 Å². The molecule has 100 valence electrons. The van der Waals surface area contributed by atoms with Crippen LogP contribution in [0.5, 0.6) is 0 Å². The van der Waals surface area contributed by atoms with E-state index in [9.17, 15) is 4.79 Å². The number of halogens is 1. The molecule has 2 N–H and O–H groups in total. The van der Waals surface area contributed by atoms with E-state index >= 15 is 0 Å². The Morgan fingerprint density at radius 1 is 1.37 bits per heavy atom. The van der Waals surface area contributed by atoms with Gasteiger partial charge in [-0.1, -0.05) is 17.7 Å². The van der Waals surface area contributed by atoms with Crippen LogP contribution in [0.15, 0.2) is 29.1 Å². The third-order valence-electron chi connectivity index (χ3n) is 2.91. The smallest absolute Gasteiger partial charge is 0.256 e. The van der Waals surface area contributed by atoms with Crippen LogP contribution in [0.25, 0.3) is 0 Å². The van der Waals surface area contributed by atoms with Crippen LogP contribution >= 0.6 is 11.6 Å². The van der Waals surface area contributed by atoms with Crippen molar-refractivity contribution in [1.29, 1.82) is 0 Å². The van der Waals surface area contributed by atoms with Gasteiger partial charge in [0.25, 0.3) is 5.56 Å². The average molecular weight is 278 g/mol.